The van der Waals surface area contributed by atoms with E-state index in [1.807, 2.05) is 45.9 Å². The average Bonchev–Trinajstić information content (AvgIpc) is 2.57. The minimum atomic E-state index is -0.390. The van der Waals surface area contributed by atoms with E-state index in [-0.39, 0.29) is 5.91 Å². The van der Waals surface area contributed by atoms with Gasteiger partial charge in [-0.05, 0) is 19.1 Å². The normalized spacial score (nSPS) is 11.7. The Balaban J connectivity index is 2.55. The molecule has 25 heavy (non-hydrogen) atoms. The summed E-state index contributed by atoms with van der Waals surface area (Å²) in [4.78, 5) is 16.0. The lowest BCUT2D eigenvalue weighted by Crippen LogP contribution is -2.41. The topological polar surface area (TPSA) is 84.0 Å². The molecule has 0 saturated heterocycles. The zero-order valence-corrected chi connectivity index (χ0v) is 16.0. The molecule has 0 radical (unpaired) electrons. The fourth-order valence-electron chi connectivity index (χ4n) is 1.96. The first-order chi connectivity index (χ1) is 11.8. The summed E-state index contributed by atoms with van der Waals surface area (Å²) in [5.74, 6) is 1.98. The van der Waals surface area contributed by atoms with Crippen molar-refractivity contribution in [3.8, 4) is 11.5 Å². The van der Waals surface area contributed by atoms with Crippen LogP contribution in [0.3, 0.4) is 0 Å². The van der Waals surface area contributed by atoms with Crippen molar-refractivity contribution in [2.45, 2.75) is 27.7 Å². The molecular formula is C18H30N4O3. The van der Waals surface area contributed by atoms with Crippen LogP contribution >= 0.6 is 0 Å². The van der Waals surface area contributed by atoms with Crippen molar-refractivity contribution in [2.75, 3.05) is 39.2 Å². The van der Waals surface area contributed by atoms with E-state index in [0.717, 1.165) is 5.69 Å². The first kappa shape index (κ1) is 20.6. The molecule has 0 fully saturated rings. The maximum Gasteiger partial charge on any atom is 0.225 e. The summed E-state index contributed by atoms with van der Waals surface area (Å²) >= 11 is 0. The number of methoxy groups -OCH3 is 1. The van der Waals surface area contributed by atoms with Crippen molar-refractivity contribution < 1.29 is 14.3 Å². The molecule has 1 aromatic carbocycles. The molecule has 140 valence electrons. The van der Waals surface area contributed by atoms with Gasteiger partial charge in [0.2, 0.25) is 5.91 Å². The fraction of sp³-hybridized carbons (Fsp3) is 0.556. The van der Waals surface area contributed by atoms with Gasteiger partial charge >= 0.3 is 0 Å². The Morgan fingerprint density at radius 2 is 1.84 bits per heavy atom. The Morgan fingerprint density at radius 1 is 1.16 bits per heavy atom. The predicted molar refractivity (Wildman–Crippen MR) is 102 cm³/mol. The van der Waals surface area contributed by atoms with E-state index < -0.39 is 5.41 Å². The number of hydrogen-bond acceptors (Lipinski definition) is 4. The van der Waals surface area contributed by atoms with Crippen molar-refractivity contribution in [3.05, 3.63) is 18.2 Å². The largest absolute Gasteiger partial charge is 0.493 e. The first-order valence-electron chi connectivity index (χ1n) is 8.38. The molecule has 0 atom stereocenters. The molecule has 3 N–H and O–H groups in total. The summed E-state index contributed by atoms with van der Waals surface area (Å²) in [5, 5.41) is 9.22. The van der Waals surface area contributed by atoms with Crippen LogP contribution in [0.1, 0.15) is 27.7 Å². The van der Waals surface area contributed by atoms with Gasteiger partial charge < -0.3 is 25.4 Å². The summed E-state index contributed by atoms with van der Waals surface area (Å²) in [6.07, 6.45) is 0. The first-order valence-corrected chi connectivity index (χ1v) is 8.38. The molecule has 1 rings (SSSR count). The van der Waals surface area contributed by atoms with E-state index in [1.54, 1.807) is 14.2 Å². The minimum absolute atomic E-state index is 0.0218. The van der Waals surface area contributed by atoms with E-state index in [9.17, 15) is 4.79 Å². The van der Waals surface area contributed by atoms with Crippen LogP contribution in [0.2, 0.25) is 0 Å². The molecule has 7 heteroatoms. The van der Waals surface area contributed by atoms with Crippen molar-refractivity contribution in [1.29, 1.82) is 0 Å². The number of carbonyl (C=O) groups is 1. The summed E-state index contributed by atoms with van der Waals surface area (Å²) in [6, 6.07) is 5.59. The number of rotatable bonds is 7. The molecular weight excluding hydrogens is 320 g/mol. The molecule has 0 saturated carbocycles. The number of anilines is 1. The van der Waals surface area contributed by atoms with Gasteiger partial charge in [0.05, 0.1) is 13.7 Å². The third kappa shape index (κ3) is 6.91. The molecule has 0 bridgehead atoms. The number of carbonyl (C=O) groups excluding carboxylic acids is 1. The van der Waals surface area contributed by atoms with E-state index >= 15 is 0 Å². The van der Waals surface area contributed by atoms with E-state index in [1.165, 1.54) is 0 Å². The standard InChI is InChI=1S/C18H30N4O3/c1-7-25-14-9-8-13(12-15(14)24-6)22-17(19-5)21-11-10-20-16(23)18(2,3)4/h8-9,12H,7,10-11H2,1-6H3,(H,20,23)(H2,19,21,22). The second kappa shape index (κ2) is 9.76. The molecule has 0 aromatic heterocycles. The zero-order valence-electron chi connectivity index (χ0n) is 16.0. The second-order valence-corrected chi connectivity index (χ2v) is 6.43. The van der Waals surface area contributed by atoms with Crippen molar-refractivity contribution >= 4 is 17.6 Å². The smallest absolute Gasteiger partial charge is 0.225 e. The van der Waals surface area contributed by atoms with Crippen molar-refractivity contribution in [3.63, 3.8) is 0 Å². The lowest BCUT2D eigenvalue weighted by molar-refractivity contribution is -0.128. The number of aliphatic imine (C=N–C) groups is 1. The van der Waals surface area contributed by atoms with Gasteiger partial charge in [-0.3, -0.25) is 9.79 Å². The minimum Gasteiger partial charge on any atom is -0.493 e. The molecule has 0 spiro atoms. The maximum absolute atomic E-state index is 11.8. The van der Waals surface area contributed by atoms with E-state index in [2.05, 4.69) is 20.9 Å². The lowest BCUT2D eigenvalue weighted by atomic mass is 9.96. The number of benzene rings is 1. The Kier molecular flexibility index (Phi) is 8.04. The van der Waals surface area contributed by atoms with Crippen LogP contribution in [0.5, 0.6) is 11.5 Å². The molecule has 0 aliphatic carbocycles. The summed E-state index contributed by atoms with van der Waals surface area (Å²) < 4.78 is 10.8. The highest BCUT2D eigenvalue weighted by molar-refractivity contribution is 5.93. The van der Waals surface area contributed by atoms with Gasteiger partial charge in [-0.2, -0.15) is 0 Å². The molecule has 0 heterocycles. The van der Waals surface area contributed by atoms with Crippen LogP contribution < -0.4 is 25.4 Å². The Labute approximate surface area is 150 Å². The number of nitrogens with zero attached hydrogens (tertiary/aromatic N) is 1. The third-order valence-electron chi connectivity index (χ3n) is 3.33. The highest BCUT2D eigenvalue weighted by atomic mass is 16.5. The number of guanidine groups is 1. The summed E-state index contributed by atoms with van der Waals surface area (Å²) in [7, 11) is 3.29. The van der Waals surface area contributed by atoms with Gasteiger partial charge in [-0.15, -0.1) is 0 Å². The van der Waals surface area contributed by atoms with Gasteiger partial charge in [0.15, 0.2) is 17.5 Å². The zero-order chi connectivity index (χ0) is 18.9. The van der Waals surface area contributed by atoms with Crippen molar-refractivity contribution in [1.82, 2.24) is 10.6 Å². The fourth-order valence-corrected chi connectivity index (χ4v) is 1.96. The van der Waals surface area contributed by atoms with Crippen LogP contribution in [0, 0.1) is 5.41 Å². The van der Waals surface area contributed by atoms with Gasteiger partial charge in [0, 0.05) is 37.3 Å². The number of nitrogens with one attached hydrogen (secondary N) is 3. The maximum atomic E-state index is 11.8. The Morgan fingerprint density at radius 3 is 2.40 bits per heavy atom. The van der Waals surface area contributed by atoms with Crippen LogP contribution in [0.15, 0.2) is 23.2 Å². The second-order valence-electron chi connectivity index (χ2n) is 6.43. The number of amides is 1. The third-order valence-corrected chi connectivity index (χ3v) is 3.33. The molecule has 7 nitrogen and oxygen atoms in total. The van der Waals surface area contributed by atoms with Crippen LogP contribution in [-0.4, -0.2) is 45.7 Å². The highest BCUT2D eigenvalue weighted by Crippen LogP contribution is 2.30. The van der Waals surface area contributed by atoms with Crippen LogP contribution in [0.25, 0.3) is 0 Å². The quantitative estimate of drug-likeness (QED) is 0.399. The van der Waals surface area contributed by atoms with Crippen LogP contribution in [-0.2, 0) is 4.79 Å². The van der Waals surface area contributed by atoms with Crippen molar-refractivity contribution in [2.24, 2.45) is 10.4 Å². The van der Waals surface area contributed by atoms with Crippen LogP contribution in [0.4, 0.5) is 5.69 Å². The molecule has 0 unspecified atom stereocenters. The van der Waals surface area contributed by atoms with Gasteiger partial charge in [0.25, 0.3) is 0 Å². The van der Waals surface area contributed by atoms with Gasteiger partial charge in [-0.25, -0.2) is 0 Å². The van der Waals surface area contributed by atoms with E-state index in [4.69, 9.17) is 9.47 Å². The molecule has 0 aliphatic heterocycles. The predicted octanol–water partition coefficient (Wildman–Crippen LogP) is 2.24. The monoisotopic (exact) mass is 350 g/mol. The summed E-state index contributed by atoms with van der Waals surface area (Å²) in [5.41, 5.74) is 0.436. The summed E-state index contributed by atoms with van der Waals surface area (Å²) in [6.45, 7) is 9.24. The molecule has 1 aromatic rings. The lowest BCUT2D eigenvalue weighted by Gasteiger charge is -2.18. The Bertz CT molecular complexity index is 594. The van der Waals surface area contributed by atoms with Gasteiger partial charge in [-0.1, -0.05) is 20.8 Å². The molecule has 0 aliphatic rings. The number of hydrogen-bond donors (Lipinski definition) is 3. The molecule has 1 amide bonds. The SMILES string of the molecule is CCOc1ccc(NC(=NC)NCCNC(=O)C(C)(C)C)cc1OC. The van der Waals surface area contributed by atoms with E-state index in [0.29, 0.717) is 37.2 Å². The highest BCUT2D eigenvalue weighted by Gasteiger charge is 2.20. The average molecular weight is 350 g/mol. The van der Waals surface area contributed by atoms with Gasteiger partial charge in [0.1, 0.15) is 0 Å². The number of ether oxygens (including phenoxy) is 2. The Hall–Kier alpha value is -2.44.